The van der Waals surface area contributed by atoms with Gasteiger partial charge in [0.2, 0.25) is 5.91 Å². The van der Waals surface area contributed by atoms with Crippen LogP contribution >= 0.6 is 0 Å². The van der Waals surface area contributed by atoms with Gasteiger partial charge in [-0.3, -0.25) is 9.52 Å². The van der Waals surface area contributed by atoms with E-state index in [0.29, 0.717) is 19.0 Å². The van der Waals surface area contributed by atoms with E-state index in [4.69, 9.17) is 0 Å². The van der Waals surface area contributed by atoms with Gasteiger partial charge in [0, 0.05) is 23.8 Å². The van der Waals surface area contributed by atoms with Crippen LogP contribution in [0.15, 0.2) is 41.3 Å². The number of amides is 1. The van der Waals surface area contributed by atoms with Crippen LogP contribution in [0, 0.1) is 17.6 Å². The fraction of sp³-hybridized carbons (Fsp3) is 0.278. The third-order valence-corrected chi connectivity index (χ3v) is 6.00. The molecule has 0 bridgehead atoms. The second-order valence-electron chi connectivity index (χ2n) is 6.54. The number of fused-ring (bicyclic) bond motifs is 1. The highest BCUT2D eigenvalue weighted by Crippen LogP contribution is 2.37. The molecular formula is C18H16F2N2O3S. The Bertz CT molecular complexity index is 1000. The molecule has 136 valence electrons. The van der Waals surface area contributed by atoms with Crippen molar-refractivity contribution in [1.82, 2.24) is 0 Å². The maximum Gasteiger partial charge on any atom is 0.264 e. The monoisotopic (exact) mass is 378 g/mol. The minimum absolute atomic E-state index is 0.107. The van der Waals surface area contributed by atoms with Crippen LogP contribution in [0.2, 0.25) is 0 Å². The largest absolute Gasteiger partial charge is 0.312 e. The number of hydrogen-bond donors (Lipinski definition) is 1. The quantitative estimate of drug-likeness (QED) is 0.889. The molecule has 1 heterocycles. The molecule has 8 heteroatoms. The van der Waals surface area contributed by atoms with E-state index in [9.17, 15) is 22.0 Å². The highest BCUT2D eigenvalue weighted by atomic mass is 32.2. The van der Waals surface area contributed by atoms with Gasteiger partial charge in [-0.2, -0.15) is 0 Å². The lowest BCUT2D eigenvalue weighted by molar-refractivity contribution is -0.119. The molecule has 1 aliphatic heterocycles. The molecule has 5 nitrogen and oxygen atoms in total. The van der Waals surface area contributed by atoms with E-state index in [1.54, 1.807) is 17.0 Å². The van der Waals surface area contributed by atoms with Crippen molar-refractivity contribution < 1.29 is 22.0 Å². The molecule has 0 saturated heterocycles. The van der Waals surface area contributed by atoms with E-state index >= 15 is 0 Å². The molecule has 0 unspecified atom stereocenters. The molecule has 4 rings (SSSR count). The van der Waals surface area contributed by atoms with Crippen LogP contribution < -0.4 is 9.62 Å². The lowest BCUT2D eigenvalue weighted by Gasteiger charge is -2.17. The van der Waals surface area contributed by atoms with Crippen LogP contribution in [0.4, 0.5) is 20.2 Å². The summed E-state index contributed by atoms with van der Waals surface area (Å²) < 4.78 is 54.1. The fourth-order valence-corrected chi connectivity index (χ4v) is 4.28. The molecule has 26 heavy (non-hydrogen) atoms. The van der Waals surface area contributed by atoms with Gasteiger partial charge in [0.05, 0.1) is 0 Å². The summed E-state index contributed by atoms with van der Waals surface area (Å²) in [5, 5.41) is 0. The van der Waals surface area contributed by atoms with Crippen LogP contribution in [-0.2, 0) is 21.2 Å². The van der Waals surface area contributed by atoms with Crippen molar-refractivity contribution in [2.45, 2.75) is 24.2 Å². The topological polar surface area (TPSA) is 66.5 Å². The first kappa shape index (κ1) is 17.0. The van der Waals surface area contributed by atoms with E-state index in [-0.39, 0.29) is 17.5 Å². The number of nitrogens with zero attached hydrogens (tertiary/aromatic N) is 1. The predicted molar refractivity (Wildman–Crippen MR) is 92.4 cm³/mol. The zero-order valence-electron chi connectivity index (χ0n) is 13.7. The summed E-state index contributed by atoms with van der Waals surface area (Å²) in [6, 6.07) is 7.10. The maximum absolute atomic E-state index is 13.8. The summed E-state index contributed by atoms with van der Waals surface area (Å²) in [5.41, 5.74) is 1.87. The van der Waals surface area contributed by atoms with Crippen molar-refractivity contribution in [3.8, 4) is 0 Å². The summed E-state index contributed by atoms with van der Waals surface area (Å²) in [6.45, 7) is 0.569. The van der Waals surface area contributed by atoms with Gasteiger partial charge in [-0.05, 0) is 61.2 Å². The maximum atomic E-state index is 13.8. The van der Waals surface area contributed by atoms with Gasteiger partial charge in [0.25, 0.3) is 10.0 Å². The number of hydrogen-bond acceptors (Lipinski definition) is 3. The SMILES string of the molecule is O=C(C1CC1)N1CCc2cc(NS(=O)(=O)c3cc(F)ccc3F)ccc21. The Morgan fingerprint density at radius 1 is 1.12 bits per heavy atom. The van der Waals surface area contributed by atoms with Crippen LogP contribution in [0.1, 0.15) is 18.4 Å². The van der Waals surface area contributed by atoms with Gasteiger partial charge >= 0.3 is 0 Å². The minimum atomic E-state index is -4.26. The summed E-state index contributed by atoms with van der Waals surface area (Å²) in [4.78, 5) is 13.3. The predicted octanol–water partition coefficient (Wildman–Crippen LogP) is 3.06. The smallest absolute Gasteiger partial charge is 0.264 e. The highest BCUT2D eigenvalue weighted by molar-refractivity contribution is 7.92. The Morgan fingerprint density at radius 3 is 2.62 bits per heavy atom. The average molecular weight is 378 g/mol. The lowest BCUT2D eigenvalue weighted by atomic mass is 10.1. The Balaban J connectivity index is 1.60. The number of carbonyl (C=O) groups excluding carboxylic acids is 1. The zero-order valence-corrected chi connectivity index (χ0v) is 14.5. The average Bonchev–Trinajstić information content (AvgIpc) is 3.36. The highest BCUT2D eigenvalue weighted by Gasteiger charge is 2.36. The number of anilines is 2. The number of benzene rings is 2. The molecule has 1 aliphatic carbocycles. The van der Waals surface area contributed by atoms with Crippen molar-refractivity contribution in [2.75, 3.05) is 16.2 Å². The number of halogens is 2. The molecule has 0 atom stereocenters. The van der Waals surface area contributed by atoms with Gasteiger partial charge in [-0.15, -0.1) is 0 Å². The van der Waals surface area contributed by atoms with Crippen LogP contribution in [-0.4, -0.2) is 20.9 Å². The molecule has 1 saturated carbocycles. The molecule has 2 aromatic rings. The first-order chi connectivity index (χ1) is 12.3. The second kappa shape index (κ2) is 6.05. The first-order valence-corrected chi connectivity index (χ1v) is 9.76. The molecule has 2 aliphatic rings. The van der Waals surface area contributed by atoms with E-state index in [1.165, 1.54) is 6.07 Å². The minimum Gasteiger partial charge on any atom is -0.312 e. The Morgan fingerprint density at radius 2 is 1.88 bits per heavy atom. The molecule has 0 radical (unpaired) electrons. The summed E-state index contributed by atoms with van der Waals surface area (Å²) in [7, 11) is -4.26. The third kappa shape index (κ3) is 3.05. The standard InChI is InChI=1S/C18H16F2N2O3S/c19-13-3-5-15(20)17(10-13)26(24,25)21-14-4-6-16-12(9-14)7-8-22(16)18(23)11-1-2-11/h3-6,9-11,21H,1-2,7-8H2. The molecule has 2 aromatic carbocycles. The summed E-state index contributed by atoms with van der Waals surface area (Å²) in [6.07, 6.45) is 2.46. The summed E-state index contributed by atoms with van der Waals surface area (Å²) in [5.74, 6) is -1.65. The van der Waals surface area contributed by atoms with Crippen LogP contribution in [0.5, 0.6) is 0 Å². The van der Waals surface area contributed by atoms with Gasteiger partial charge in [0.1, 0.15) is 16.5 Å². The van der Waals surface area contributed by atoms with Crippen molar-refractivity contribution in [3.63, 3.8) is 0 Å². The van der Waals surface area contributed by atoms with E-state index < -0.39 is 26.6 Å². The van der Waals surface area contributed by atoms with Crippen molar-refractivity contribution in [2.24, 2.45) is 5.92 Å². The van der Waals surface area contributed by atoms with Gasteiger partial charge < -0.3 is 4.90 Å². The van der Waals surface area contributed by atoms with Gasteiger partial charge in [-0.25, -0.2) is 17.2 Å². The summed E-state index contributed by atoms with van der Waals surface area (Å²) >= 11 is 0. The van der Waals surface area contributed by atoms with E-state index in [2.05, 4.69) is 4.72 Å². The van der Waals surface area contributed by atoms with Crippen LogP contribution in [0.3, 0.4) is 0 Å². The Labute approximate surface area is 149 Å². The lowest BCUT2D eigenvalue weighted by Crippen LogP contribution is -2.30. The van der Waals surface area contributed by atoms with Gasteiger partial charge in [-0.1, -0.05) is 0 Å². The van der Waals surface area contributed by atoms with E-state index in [1.807, 2.05) is 0 Å². The molecule has 1 amide bonds. The number of carbonyl (C=O) groups is 1. The van der Waals surface area contributed by atoms with Gasteiger partial charge in [0.15, 0.2) is 0 Å². The van der Waals surface area contributed by atoms with E-state index in [0.717, 1.165) is 36.2 Å². The number of nitrogens with one attached hydrogen (secondary N) is 1. The molecular weight excluding hydrogens is 362 g/mol. The van der Waals surface area contributed by atoms with Crippen molar-refractivity contribution in [1.29, 1.82) is 0 Å². The molecule has 1 N–H and O–H groups in total. The van der Waals surface area contributed by atoms with Crippen molar-refractivity contribution >= 4 is 27.3 Å². The van der Waals surface area contributed by atoms with Crippen LogP contribution in [0.25, 0.3) is 0 Å². The third-order valence-electron chi connectivity index (χ3n) is 4.60. The zero-order chi connectivity index (χ0) is 18.5. The Hall–Kier alpha value is -2.48. The first-order valence-electron chi connectivity index (χ1n) is 8.27. The molecule has 0 aromatic heterocycles. The Kier molecular flexibility index (Phi) is 3.95. The normalized spacial score (nSPS) is 16.5. The molecule has 0 spiro atoms. The fourth-order valence-electron chi connectivity index (χ4n) is 3.14. The number of sulfonamides is 1. The van der Waals surface area contributed by atoms with Crippen molar-refractivity contribution in [3.05, 3.63) is 53.6 Å². The molecule has 1 fully saturated rings. The second-order valence-corrected chi connectivity index (χ2v) is 8.19. The number of rotatable bonds is 4.